The van der Waals surface area contributed by atoms with Gasteiger partial charge in [0.25, 0.3) is 0 Å². The Morgan fingerprint density at radius 2 is 1.82 bits per heavy atom. The smallest absolute Gasteiger partial charge is 0.147 e. The summed E-state index contributed by atoms with van der Waals surface area (Å²) in [7, 11) is 0. The van der Waals surface area contributed by atoms with Gasteiger partial charge in [-0.3, -0.25) is 9.59 Å². The largest absolute Gasteiger partial charge is 0.300 e. The van der Waals surface area contributed by atoms with Gasteiger partial charge in [0.2, 0.25) is 0 Å². The lowest BCUT2D eigenvalue weighted by Gasteiger charge is -2.32. The highest BCUT2D eigenvalue weighted by molar-refractivity contribution is 9.10. The minimum absolute atomic E-state index is 0.300. The lowest BCUT2D eigenvalue weighted by molar-refractivity contribution is -0.127. The lowest BCUT2D eigenvalue weighted by Crippen LogP contribution is -2.36. The first-order valence-corrected chi connectivity index (χ1v) is 6.75. The highest BCUT2D eigenvalue weighted by Gasteiger charge is 2.47. The fraction of sp³-hybridized carbons (Fsp3) is 0.429. The van der Waals surface area contributed by atoms with Crippen molar-refractivity contribution in [3.63, 3.8) is 0 Å². The van der Waals surface area contributed by atoms with E-state index in [0.29, 0.717) is 43.7 Å². The number of benzene rings is 1. The Hall–Kier alpha value is -0.960. The number of hydrogen-bond acceptors (Lipinski definition) is 2. The molecule has 0 amide bonds. The van der Waals surface area contributed by atoms with E-state index in [1.54, 1.807) is 0 Å². The molecule has 1 spiro atoms. The van der Waals surface area contributed by atoms with Crippen LogP contribution in [0.5, 0.6) is 0 Å². The molecule has 3 rings (SSSR count). The third-order valence-corrected chi connectivity index (χ3v) is 4.62. The van der Waals surface area contributed by atoms with Crippen LogP contribution in [0, 0.1) is 0 Å². The molecule has 3 heteroatoms. The first kappa shape index (κ1) is 11.1. The van der Waals surface area contributed by atoms with E-state index in [1.807, 2.05) is 12.1 Å². The van der Waals surface area contributed by atoms with Crippen LogP contribution < -0.4 is 0 Å². The average Bonchev–Trinajstić information content (AvgIpc) is 2.55. The summed E-state index contributed by atoms with van der Waals surface area (Å²) in [6, 6.07) is 6.09. The van der Waals surface area contributed by atoms with Gasteiger partial charge >= 0.3 is 0 Å². The SMILES string of the molecule is O=C1CCC2(CC1)C(=O)Cc1cc(Br)ccc12. The van der Waals surface area contributed by atoms with Crippen molar-refractivity contribution in [3.8, 4) is 0 Å². The second-order valence-corrected chi connectivity index (χ2v) is 5.94. The summed E-state index contributed by atoms with van der Waals surface area (Å²) in [5.41, 5.74) is 1.96. The van der Waals surface area contributed by atoms with Crippen molar-refractivity contribution in [1.82, 2.24) is 0 Å². The van der Waals surface area contributed by atoms with Gasteiger partial charge in [-0.05, 0) is 36.1 Å². The summed E-state index contributed by atoms with van der Waals surface area (Å²) in [5.74, 6) is 0.604. The number of ketones is 2. The molecule has 0 N–H and O–H groups in total. The zero-order valence-corrected chi connectivity index (χ0v) is 11.0. The van der Waals surface area contributed by atoms with Crippen molar-refractivity contribution >= 4 is 27.5 Å². The number of Topliss-reactive ketones (excluding diaryl/α,β-unsaturated/α-hetero) is 2. The fourth-order valence-electron chi connectivity index (χ4n) is 3.17. The van der Waals surface area contributed by atoms with Gasteiger partial charge in [-0.1, -0.05) is 22.0 Å². The van der Waals surface area contributed by atoms with Crippen LogP contribution in [-0.4, -0.2) is 11.6 Å². The third-order valence-electron chi connectivity index (χ3n) is 4.13. The van der Waals surface area contributed by atoms with Crippen LogP contribution >= 0.6 is 15.9 Å². The van der Waals surface area contributed by atoms with Crippen molar-refractivity contribution in [2.45, 2.75) is 37.5 Å². The van der Waals surface area contributed by atoms with Crippen LogP contribution in [-0.2, 0) is 21.4 Å². The number of hydrogen-bond donors (Lipinski definition) is 0. The first-order valence-electron chi connectivity index (χ1n) is 5.96. The van der Waals surface area contributed by atoms with E-state index >= 15 is 0 Å². The van der Waals surface area contributed by atoms with E-state index in [0.717, 1.165) is 10.0 Å². The van der Waals surface area contributed by atoms with Crippen molar-refractivity contribution in [1.29, 1.82) is 0 Å². The quantitative estimate of drug-likeness (QED) is 0.737. The minimum Gasteiger partial charge on any atom is -0.300 e. The zero-order valence-electron chi connectivity index (χ0n) is 9.46. The maximum Gasteiger partial charge on any atom is 0.147 e. The Balaban J connectivity index is 2.07. The van der Waals surface area contributed by atoms with Gasteiger partial charge in [-0.15, -0.1) is 0 Å². The standard InChI is InChI=1S/C14H13BrO2/c15-10-1-2-12-9(7-10)8-13(17)14(12)5-3-11(16)4-6-14/h1-2,7H,3-6,8H2. The van der Waals surface area contributed by atoms with Crippen LogP contribution in [0.4, 0.5) is 0 Å². The molecule has 0 unspecified atom stereocenters. The van der Waals surface area contributed by atoms with Crippen LogP contribution in [0.2, 0.25) is 0 Å². The highest BCUT2D eigenvalue weighted by atomic mass is 79.9. The summed E-state index contributed by atoms with van der Waals surface area (Å²) in [4.78, 5) is 23.7. The molecule has 2 aliphatic carbocycles. The second kappa shape index (κ2) is 3.77. The summed E-state index contributed by atoms with van der Waals surface area (Å²) >= 11 is 3.44. The monoisotopic (exact) mass is 292 g/mol. The molecule has 0 atom stereocenters. The molecule has 0 heterocycles. The predicted molar refractivity (Wildman–Crippen MR) is 68.0 cm³/mol. The van der Waals surface area contributed by atoms with E-state index in [-0.39, 0.29) is 5.41 Å². The molecule has 88 valence electrons. The lowest BCUT2D eigenvalue weighted by atomic mass is 9.69. The summed E-state index contributed by atoms with van der Waals surface area (Å²) in [6.45, 7) is 0. The average molecular weight is 293 g/mol. The van der Waals surface area contributed by atoms with E-state index in [2.05, 4.69) is 22.0 Å². The summed E-state index contributed by atoms with van der Waals surface area (Å²) in [5, 5.41) is 0. The Bertz CT molecular complexity index is 509. The van der Waals surface area contributed by atoms with Crippen LogP contribution in [0.1, 0.15) is 36.8 Å². The number of halogens is 1. The van der Waals surface area contributed by atoms with Crippen molar-refractivity contribution in [2.24, 2.45) is 0 Å². The van der Waals surface area contributed by atoms with Crippen LogP contribution in [0.3, 0.4) is 0 Å². The van der Waals surface area contributed by atoms with Gasteiger partial charge in [-0.2, -0.15) is 0 Å². The van der Waals surface area contributed by atoms with Crippen LogP contribution in [0.25, 0.3) is 0 Å². The van der Waals surface area contributed by atoms with Gasteiger partial charge in [-0.25, -0.2) is 0 Å². The normalized spacial score (nSPS) is 21.9. The zero-order chi connectivity index (χ0) is 12.0. The van der Waals surface area contributed by atoms with Gasteiger partial charge < -0.3 is 0 Å². The summed E-state index contributed by atoms with van der Waals surface area (Å²) < 4.78 is 1.02. The van der Waals surface area contributed by atoms with Gasteiger partial charge in [0.05, 0.1) is 5.41 Å². The Labute approximate surface area is 109 Å². The molecule has 17 heavy (non-hydrogen) atoms. The number of fused-ring (bicyclic) bond motifs is 2. The van der Waals surface area contributed by atoms with Crippen molar-refractivity contribution in [3.05, 3.63) is 33.8 Å². The molecule has 0 radical (unpaired) electrons. The third kappa shape index (κ3) is 1.60. The number of carbonyl (C=O) groups excluding carboxylic acids is 2. The van der Waals surface area contributed by atoms with E-state index in [9.17, 15) is 9.59 Å². The maximum absolute atomic E-state index is 12.3. The topological polar surface area (TPSA) is 34.1 Å². The molecule has 0 bridgehead atoms. The molecule has 0 saturated heterocycles. The predicted octanol–water partition coefficient (Wildman–Crippen LogP) is 2.96. The molecule has 0 aliphatic heterocycles. The molecule has 2 nitrogen and oxygen atoms in total. The number of rotatable bonds is 0. The van der Waals surface area contributed by atoms with Gasteiger partial charge in [0.1, 0.15) is 11.6 Å². The Morgan fingerprint density at radius 3 is 2.53 bits per heavy atom. The highest BCUT2D eigenvalue weighted by Crippen LogP contribution is 2.46. The molecular weight excluding hydrogens is 280 g/mol. The molecule has 0 aromatic heterocycles. The minimum atomic E-state index is -0.343. The molecular formula is C14H13BrO2. The Kier molecular flexibility index (Phi) is 2.47. The second-order valence-electron chi connectivity index (χ2n) is 5.02. The van der Waals surface area contributed by atoms with Gasteiger partial charge in [0, 0.05) is 23.7 Å². The van der Waals surface area contributed by atoms with Gasteiger partial charge in [0.15, 0.2) is 0 Å². The maximum atomic E-state index is 12.3. The molecule has 1 fully saturated rings. The van der Waals surface area contributed by atoms with Crippen molar-refractivity contribution < 1.29 is 9.59 Å². The Morgan fingerprint density at radius 1 is 1.12 bits per heavy atom. The molecule has 1 aromatic carbocycles. The summed E-state index contributed by atoms with van der Waals surface area (Å²) in [6.07, 6.45) is 3.06. The van der Waals surface area contributed by atoms with E-state index < -0.39 is 0 Å². The van der Waals surface area contributed by atoms with E-state index in [1.165, 1.54) is 5.56 Å². The van der Waals surface area contributed by atoms with E-state index in [4.69, 9.17) is 0 Å². The fourth-order valence-corrected chi connectivity index (χ4v) is 3.58. The van der Waals surface area contributed by atoms with Crippen LogP contribution in [0.15, 0.2) is 22.7 Å². The van der Waals surface area contributed by atoms with Crippen molar-refractivity contribution in [2.75, 3.05) is 0 Å². The molecule has 1 saturated carbocycles. The number of carbonyl (C=O) groups is 2. The first-order chi connectivity index (χ1) is 8.12. The molecule has 2 aliphatic rings. The molecule has 1 aromatic rings.